The molecule has 0 aromatic rings. The van der Waals surface area contributed by atoms with Gasteiger partial charge in [0.1, 0.15) is 17.5 Å². The van der Waals surface area contributed by atoms with Crippen LogP contribution in [0.25, 0.3) is 0 Å². The van der Waals surface area contributed by atoms with E-state index in [0.29, 0.717) is 38.6 Å². The number of esters is 1. The van der Waals surface area contributed by atoms with Crippen molar-refractivity contribution in [2.45, 2.75) is 159 Å². The van der Waals surface area contributed by atoms with E-state index >= 15 is 0 Å². The van der Waals surface area contributed by atoms with E-state index in [4.69, 9.17) is 19.3 Å². The maximum absolute atomic E-state index is 13.8. The molecular weight excluding hydrogens is 739 g/mol. The molecule has 0 saturated heterocycles. The Balaban J connectivity index is -0.00000119. The summed E-state index contributed by atoms with van der Waals surface area (Å²) in [7, 11) is 4.38. The highest BCUT2D eigenvalue weighted by Gasteiger charge is 2.36. The molecule has 0 saturated carbocycles. The van der Waals surface area contributed by atoms with E-state index < -0.39 is 35.7 Å². The number of carbonyl (C=O) groups excluding carboxylic acids is 4. The predicted molar refractivity (Wildman–Crippen MR) is 238 cm³/mol. The van der Waals surface area contributed by atoms with Crippen LogP contribution in [0.5, 0.6) is 0 Å². The highest BCUT2D eigenvalue weighted by molar-refractivity contribution is 6.00. The number of carbonyl (C=O) groups is 4. The van der Waals surface area contributed by atoms with Gasteiger partial charge in [-0.05, 0) is 64.2 Å². The smallest absolute Gasteiger partial charge is 0.316 e. The molecule has 1 amide bonds. The molecular formula is C47H89NO10. The molecule has 1 aliphatic rings. The Bertz CT molecular complexity index is 1090. The van der Waals surface area contributed by atoms with Crippen LogP contribution in [0, 0.1) is 41.4 Å². The lowest BCUT2D eigenvalue weighted by Crippen LogP contribution is -2.38. The Hall–Kier alpha value is -2.70. The van der Waals surface area contributed by atoms with Gasteiger partial charge in [0.05, 0.1) is 31.5 Å². The van der Waals surface area contributed by atoms with Crippen molar-refractivity contribution >= 4 is 23.9 Å². The van der Waals surface area contributed by atoms with Crippen LogP contribution in [-0.2, 0) is 33.4 Å². The molecule has 1 aliphatic heterocycles. The molecule has 8 unspecified atom stereocenters. The van der Waals surface area contributed by atoms with E-state index in [9.17, 15) is 29.4 Å². The van der Waals surface area contributed by atoms with Gasteiger partial charge in [-0.1, -0.05) is 111 Å². The average molecular weight is 828 g/mol. The molecule has 0 bridgehead atoms. The standard InChI is InChI=1S/C37H63NO9.2C3H8.C3H6.CH4O/c1-24-17-25(2)19-34(45-7)29(6)35(46-8)20-26(3)28(5)36(43)31(14-9-11-15-38-23-40)37(44)47-22-27(4)32(41)21-33(42)30(18-24)13-10-12-16-39;3*1-3-2;1-2/h10,12,18,23,25-32,34-35,39,41H,9,11,13-17,19-22H2,1-8H3,(H,38,40);2*3H2,1-2H3;3H,1H2,2H3;2H,1H3/b12-10+,24-18+;;;;/t25?,26?,27?,28?,29-,30-,31?,32?,34?,35?;;;;/m1..../s1. The van der Waals surface area contributed by atoms with E-state index in [2.05, 4.69) is 53.4 Å². The number of amides is 1. The van der Waals surface area contributed by atoms with E-state index in [-0.39, 0.29) is 67.6 Å². The number of nitrogens with one attached hydrogen (secondary N) is 1. The monoisotopic (exact) mass is 828 g/mol. The molecule has 58 heavy (non-hydrogen) atoms. The van der Waals surface area contributed by atoms with Crippen molar-refractivity contribution in [1.82, 2.24) is 5.32 Å². The number of rotatable bonds is 11. The lowest BCUT2D eigenvalue weighted by molar-refractivity contribution is -0.155. The van der Waals surface area contributed by atoms with Crippen LogP contribution in [-0.4, -0.2) is 98.7 Å². The van der Waals surface area contributed by atoms with Crippen LogP contribution >= 0.6 is 0 Å². The molecule has 11 heteroatoms. The summed E-state index contributed by atoms with van der Waals surface area (Å²) in [5.74, 6) is -3.20. The summed E-state index contributed by atoms with van der Waals surface area (Å²) in [6, 6.07) is 0. The summed E-state index contributed by atoms with van der Waals surface area (Å²) in [6.07, 6.45) is 12.8. The number of unbranched alkanes of at least 4 members (excludes halogenated alkanes) is 1. The van der Waals surface area contributed by atoms with Gasteiger partial charge in [0.2, 0.25) is 6.41 Å². The summed E-state index contributed by atoms with van der Waals surface area (Å²) in [6.45, 7) is 25.8. The molecule has 10 atom stereocenters. The molecule has 0 spiro atoms. The molecule has 0 aromatic heterocycles. The number of cyclic esters (lactones) is 1. The number of methoxy groups -OCH3 is 2. The van der Waals surface area contributed by atoms with Crippen LogP contribution in [0.4, 0.5) is 0 Å². The van der Waals surface area contributed by atoms with Crippen LogP contribution in [0.2, 0.25) is 0 Å². The molecule has 0 aromatic carbocycles. The minimum absolute atomic E-state index is 0.0302. The fraction of sp³-hybridized carbons (Fsp3) is 0.787. The van der Waals surface area contributed by atoms with Crippen LogP contribution < -0.4 is 5.32 Å². The Morgan fingerprint density at radius 3 is 1.93 bits per heavy atom. The topological polar surface area (TPSA) is 169 Å². The summed E-state index contributed by atoms with van der Waals surface area (Å²) >= 11 is 0. The number of ether oxygens (including phenoxy) is 3. The highest BCUT2D eigenvalue weighted by Crippen LogP contribution is 2.31. The first-order valence-electron chi connectivity index (χ1n) is 21.6. The predicted octanol–water partition coefficient (Wildman–Crippen LogP) is 8.48. The Labute approximate surface area is 354 Å². The lowest BCUT2D eigenvalue weighted by Gasteiger charge is -2.34. The summed E-state index contributed by atoms with van der Waals surface area (Å²) in [5.41, 5.74) is 1.07. The van der Waals surface area contributed by atoms with Crippen molar-refractivity contribution in [3.05, 3.63) is 36.5 Å². The normalized spacial score (nSPS) is 28.7. The van der Waals surface area contributed by atoms with Gasteiger partial charge in [0, 0.05) is 58.0 Å². The summed E-state index contributed by atoms with van der Waals surface area (Å²) in [5, 5.41) is 29.8. The number of hydrogen-bond acceptors (Lipinski definition) is 10. The quantitative estimate of drug-likeness (QED) is 0.0521. The number of hydrogen-bond donors (Lipinski definition) is 4. The molecule has 342 valence electrons. The Kier molecular flexibility index (Phi) is 43.9. The minimum atomic E-state index is -1.04. The van der Waals surface area contributed by atoms with Crippen molar-refractivity contribution in [3.8, 4) is 0 Å². The number of aliphatic hydroxyl groups excluding tert-OH is 3. The third-order valence-corrected chi connectivity index (χ3v) is 9.88. The highest BCUT2D eigenvalue weighted by atomic mass is 16.5. The van der Waals surface area contributed by atoms with Gasteiger partial charge in [-0.3, -0.25) is 19.2 Å². The lowest BCUT2D eigenvalue weighted by atomic mass is 9.78. The van der Waals surface area contributed by atoms with E-state index in [1.807, 2.05) is 33.8 Å². The maximum Gasteiger partial charge on any atom is 0.316 e. The Morgan fingerprint density at radius 1 is 0.897 bits per heavy atom. The first kappa shape index (κ1) is 62.0. The van der Waals surface area contributed by atoms with Crippen molar-refractivity contribution in [2.75, 3.05) is 41.1 Å². The van der Waals surface area contributed by atoms with Crippen molar-refractivity contribution in [1.29, 1.82) is 0 Å². The van der Waals surface area contributed by atoms with Crippen molar-refractivity contribution in [2.24, 2.45) is 41.4 Å². The number of Topliss-reactive ketones (excluding diaryl/α,β-unsaturated/α-hetero) is 2. The second-order valence-electron chi connectivity index (χ2n) is 15.7. The zero-order valence-electron chi connectivity index (χ0n) is 39.3. The molecule has 0 aliphatic carbocycles. The fourth-order valence-electron chi connectivity index (χ4n) is 6.50. The van der Waals surface area contributed by atoms with Crippen molar-refractivity contribution < 1.29 is 48.7 Å². The minimum Gasteiger partial charge on any atom is -0.465 e. The summed E-state index contributed by atoms with van der Waals surface area (Å²) in [4.78, 5) is 51.3. The largest absolute Gasteiger partial charge is 0.465 e. The van der Waals surface area contributed by atoms with Gasteiger partial charge >= 0.3 is 5.97 Å². The first-order chi connectivity index (χ1) is 27.5. The SMILES string of the molecule is C=CC.CCC.CCC.CO.COC1CC(C)C/C(C)=C/[C@@H](C/C=C/CO)C(=O)CC(O)C(C)COC(=O)C(CCCCNC=O)C(=O)C(C)C(C)CC(OC)[C@@H]1C. The molecule has 11 nitrogen and oxygen atoms in total. The summed E-state index contributed by atoms with van der Waals surface area (Å²) < 4.78 is 17.6. The van der Waals surface area contributed by atoms with Gasteiger partial charge in [-0.25, -0.2) is 0 Å². The fourth-order valence-corrected chi connectivity index (χ4v) is 6.50. The van der Waals surface area contributed by atoms with Gasteiger partial charge in [-0.15, -0.1) is 6.58 Å². The van der Waals surface area contributed by atoms with E-state index in [1.54, 1.807) is 39.4 Å². The number of aliphatic hydroxyl groups is 3. The second-order valence-corrected chi connectivity index (χ2v) is 15.7. The number of ketones is 2. The first-order valence-corrected chi connectivity index (χ1v) is 21.6. The molecule has 4 N–H and O–H groups in total. The van der Waals surface area contributed by atoms with Gasteiger partial charge in [-0.2, -0.15) is 0 Å². The Morgan fingerprint density at radius 2 is 1.43 bits per heavy atom. The zero-order valence-corrected chi connectivity index (χ0v) is 39.3. The molecule has 0 fully saturated rings. The third kappa shape index (κ3) is 29.5. The van der Waals surface area contributed by atoms with E-state index in [0.717, 1.165) is 25.5 Å². The van der Waals surface area contributed by atoms with Crippen LogP contribution in [0.15, 0.2) is 36.5 Å². The third-order valence-electron chi connectivity index (χ3n) is 9.88. The molecule has 0 radical (unpaired) electrons. The van der Waals surface area contributed by atoms with Gasteiger partial charge in [0.15, 0.2) is 0 Å². The van der Waals surface area contributed by atoms with Crippen molar-refractivity contribution in [3.63, 3.8) is 0 Å². The van der Waals surface area contributed by atoms with Crippen LogP contribution in [0.1, 0.15) is 140 Å². The van der Waals surface area contributed by atoms with Gasteiger partial charge in [0.25, 0.3) is 0 Å². The maximum atomic E-state index is 13.8. The van der Waals surface area contributed by atoms with Crippen LogP contribution in [0.3, 0.4) is 0 Å². The number of allylic oxidation sites excluding steroid dienone is 4. The average Bonchev–Trinajstić information content (AvgIpc) is 3.19. The molecule has 1 heterocycles. The zero-order chi connectivity index (χ0) is 45.6. The van der Waals surface area contributed by atoms with E-state index in [1.165, 1.54) is 12.8 Å². The second kappa shape index (κ2) is 41.1. The molecule has 1 rings (SSSR count). The van der Waals surface area contributed by atoms with Gasteiger partial charge < -0.3 is 34.8 Å².